The molecule has 0 aliphatic rings. The minimum absolute atomic E-state index is 0.0362. The Morgan fingerprint density at radius 3 is 2.22 bits per heavy atom. The molecule has 1 amide bonds. The third-order valence-electron chi connectivity index (χ3n) is 3.31. The number of anilines is 2. The number of nitrogens with zero attached hydrogens (tertiary/aromatic N) is 1. The second-order valence-electron chi connectivity index (χ2n) is 5.11. The van der Waals surface area contributed by atoms with Crippen LogP contribution in [0.2, 0.25) is 0 Å². The van der Waals surface area contributed by atoms with Gasteiger partial charge in [0.2, 0.25) is 5.91 Å². The van der Waals surface area contributed by atoms with Crippen LogP contribution in [-0.4, -0.2) is 12.5 Å². The molecular formula is C15H24N2O. The van der Waals surface area contributed by atoms with Crippen molar-refractivity contribution in [2.75, 3.05) is 17.2 Å². The molecular weight excluding hydrogens is 224 g/mol. The van der Waals surface area contributed by atoms with E-state index in [1.54, 1.807) is 0 Å². The number of carbonyl (C=O) groups is 1. The molecule has 0 bridgehead atoms. The Hall–Kier alpha value is -1.51. The van der Waals surface area contributed by atoms with Crippen molar-refractivity contribution in [1.29, 1.82) is 0 Å². The summed E-state index contributed by atoms with van der Waals surface area (Å²) in [6.07, 6.45) is 0.945. The third-order valence-corrected chi connectivity index (χ3v) is 3.31. The van der Waals surface area contributed by atoms with E-state index in [1.165, 1.54) is 0 Å². The van der Waals surface area contributed by atoms with Crippen LogP contribution in [-0.2, 0) is 4.79 Å². The number of amides is 1. The topological polar surface area (TPSA) is 46.3 Å². The first-order valence-corrected chi connectivity index (χ1v) is 6.64. The Kier molecular flexibility index (Phi) is 5.20. The molecule has 0 saturated carbocycles. The van der Waals surface area contributed by atoms with Crippen LogP contribution in [0.1, 0.15) is 34.1 Å². The Morgan fingerprint density at radius 2 is 1.78 bits per heavy atom. The Labute approximate surface area is 110 Å². The van der Waals surface area contributed by atoms with Crippen molar-refractivity contribution in [1.82, 2.24) is 0 Å². The minimum atomic E-state index is 0.0362. The fraction of sp³-hybridized carbons (Fsp3) is 0.533. The lowest BCUT2D eigenvalue weighted by Gasteiger charge is -2.27. The molecule has 1 atom stereocenters. The van der Waals surface area contributed by atoms with Gasteiger partial charge in [-0.3, -0.25) is 4.79 Å². The predicted octanol–water partition coefficient (Wildman–Crippen LogP) is 3.30. The lowest BCUT2D eigenvalue weighted by Crippen LogP contribution is -2.37. The molecule has 0 radical (unpaired) electrons. The average molecular weight is 248 g/mol. The fourth-order valence-corrected chi connectivity index (χ4v) is 1.78. The average Bonchev–Trinajstić information content (AvgIpc) is 2.35. The highest BCUT2D eigenvalue weighted by Crippen LogP contribution is 2.21. The number of nitrogens with two attached hydrogens (primary N) is 1. The first kappa shape index (κ1) is 14.6. The maximum atomic E-state index is 12.5. The SMILES string of the molecule is CCCN(C(=O)C(C)C(C)C)c1ccc(N)cc1. The monoisotopic (exact) mass is 248 g/mol. The number of hydrogen-bond donors (Lipinski definition) is 1. The zero-order valence-electron chi connectivity index (χ0n) is 11.8. The summed E-state index contributed by atoms with van der Waals surface area (Å²) in [5.41, 5.74) is 7.34. The van der Waals surface area contributed by atoms with Gasteiger partial charge in [-0.15, -0.1) is 0 Å². The summed E-state index contributed by atoms with van der Waals surface area (Å²) < 4.78 is 0. The normalized spacial score (nSPS) is 12.5. The van der Waals surface area contributed by atoms with Crippen molar-refractivity contribution in [2.24, 2.45) is 11.8 Å². The summed E-state index contributed by atoms with van der Waals surface area (Å²) in [4.78, 5) is 14.3. The molecule has 0 aliphatic carbocycles. The molecule has 18 heavy (non-hydrogen) atoms. The van der Waals surface area contributed by atoms with Gasteiger partial charge in [-0.25, -0.2) is 0 Å². The zero-order chi connectivity index (χ0) is 13.7. The van der Waals surface area contributed by atoms with Crippen LogP contribution in [0.25, 0.3) is 0 Å². The molecule has 0 saturated heterocycles. The molecule has 0 spiro atoms. The van der Waals surface area contributed by atoms with Crippen LogP contribution in [0.4, 0.5) is 11.4 Å². The van der Waals surface area contributed by atoms with E-state index in [4.69, 9.17) is 5.73 Å². The van der Waals surface area contributed by atoms with E-state index in [9.17, 15) is 4.79 Å². The van der Waals surface area contributed by atoms with Gasteiger partial charge in [0, 0.05) is 23.8 Å². The van der Waals surface area contributed by atoms with Crippen LogP contribution in [0, 0.1) is 11.8 Å². The number of carbonyl (C=O) groups excluding carboxylic acids is 1. The van der Waals surface area contributed by atoms with E-state index in [0.717, 1.165) is 24.3 Å². The van der Waals surface area contributed by atoms with Gasteiger partial charge in [-0.2, -0.15) is 0 Å². The molecule has 0 heterocycles. The zero-order valence-corrected chi connectivity index (χ0v) is 11.8. The lowest BCUT2D eigenvalue weighted by molar-refractivity contribution is -0.123. The van der Waals surface area contributed by atoms with Crippen LogP contribution >= 0.6 is 0 Å². The maximum absolute atomic E-state index is 12.5. The van der Waals surface area contributed by atoms with Crippen molar-refractivity contribution in [3.8, 4) is 0 Å². The summed E-state index contributed by atoms with van der Waals surface area (Å²) in [5.74, 6) is 0.580. The molecule has 3 heteroatoms. The van der Waals surface area contributed by atoms with Crippen molar-refractivity contribution in [2.45, 2.75) is 34.1 Å². The quantitative estimate of drug-likeness (QED) is 0.813. The van der Waals surface area contributed by atoms with E-state index in [0.29, 0.717) is 5.92 Å². The maximum Gasteiger partial charge on any atom is 0.230 e. The Morgan fingerprint density at radius 1 is 1.22 bits per heavy atom. The minimum Gasteiger partial charge on any atom is -0.399 e. The van der Waals surface area contributed by atoms with Gasteiger partial charge >= 0.3 is 0 Å². The Balaban J connectivity index is 2.95. The first-order valence-electron chi connectivity index (χ1n) is 6.64. The second-order valence-corrected chi connectivity index (χ2v) is 5.11. The highest BCUT2D eigenvalue weighted by molar-refractivity contribution is 5.95. The molecule has 2 N–H and O–H groups in total. The number of nitrogen functional groups attached to an aromatic ring is 1. The highest BCUT2D eigenvalue weighted by Gasteiger charge is 2.23. The van der Waals surface area contributed by atoms with Gasteiger partial charge in [0.15, 0.2) is 0 Å². The standard InChI is InChI=1S/C15H24N2O/c1-5-10-17(15(18)12(4)11(2)3)14-8-6-13(16)7-9-14/h6-9,11-12H,5,10,16H2,1-4H3. The summed E-state index contributed by atoms with van der Waals surface area (Å²) in [7, 11) is 0. The van der Waals surface area contributed by atoms with E-state index >= 15 is 0 Å². The van der Waals surface area contributed by atoms with Crippen molar-refractivity contribution >= 4 is 17.3 Å². The number of benzene rings is 1. The van der Waals surface area contributed by atoms with Gasteiger partial charge in [-0.05, 0) is 36.6 Å². The van der Waals surface area contributed by atoms with E-state index in [-0.39, 0.29) is 11.8 Å². The van der Waals surface area contributed by atoms with Gasteiger partial charge in [-0.1, -0.05) is 27.7 Å². The predicted molar refractivity (Wildman–Crippen MR) is 77.5 cm³/mol. The molecule has 0 aliphatic heterocycles. The fourth-order valence-electron chi connectivity index (χ4n) is 1.78. The molecule has 0 aromatic heterocycles. The number of hydrogen-bond acceptors (Lipinski definition) is 2. The smallest absolute Gasteiger partial charge is 0.230 e. The van der Waals surface area contributed by atoms with Gasteiger partial charge < -0.3 is 10.6 Å². The number of rotatable bonds is 5. The van der Waals surface area contributed by atoms with E-state index in [1.807, 2.05) is 36.1 Å². The van der Waals surface area contributed by atoms with E-state index < -0.39 is 0 Å². The molecule has 1 aromatic carbocycles. The second kappa shape index (κ2) is 6.43. The third kappa shape index (κ3) is 3.49. The summed E-state index contributed by atoms with van der Waals surface area (Å²) in [6.45, 7) is 8.98. The van der Waals surface area contributed by atoms with Crippen LogP contribution in [0.5, 0.6) is 0 Å². The summed E-state index contributed by atoms with van der Waals surface area (Å²) in [6, 6.07) is 7.50. The van der Waals surface area contributed by atoms with Crippen molar-refractivity contribution in [3.63, 3.8) is 0 Å². The molecule has 1 rings (SSSR count). The van der Waals surface area contributed by atoms with Gasteiger partial charge in [0.25, 0.3) is 0 Å². The van der Waals surface area contributed by atoms with Gasteiger partial charge in [0.1, 0.15) is 0 Å². The summed E-state index contributed by atoms with van der Waals surface area (Å²) >= 11 is 0. The lowest BCUT2D eigenvalue weighted by atomic mass is 9.96. The van der Waals surface area contributed by atoms with Gasteiger partial charge in [0.05, 0.1) is 0 Å². The first-order chi connectivity index (χ1) is 8.47. The van der Waals surface area contributed by atoms with Crippen LogP contribution in [0.15, 0.2) is 24.3 Å². The molecule has 100 valence electrons. The van der Waals surface area contributed by atoms with Crippen LogP contribution in [0.3, 0.4) is 0 Å². The van der Waals surface area contributed by atoms with Crippen molar-refractivity contribution < 1.29 is 4.79 Å². The summed E-state index contributed by atoms with van der Waals surface area (Å²) in [5, 5.41) is 0. The Bertz CT molecular complexity index is 384. The van der Waals surface area contributed by atoms with E-state index in [2.05, 4.69) is 20.8 Å². The molecule has 1 aromatic rings. The molecule has 0 fully saturated rings. The van der Waals surface area contributed by atoms with Crippen LogP contribution < -0.4 is 10.6 Å². The largest absolute Gasteiger partial charge is 0.399 e. The van der Waals surface area contributed by atoms with Crippen molar-refractivity contribution in [3.05, 3.63) is 24.3 Å². The molecule has 3 nitrogen and oxygen atoms in total. The highest BCUT2D eigenvalue weighted by atomic mass is 16.2. The molecule has 1 unspecified atom stereocenters.